The van der Waals surface area contributed by atoms with Gasteiger partial charge in [0.05, 0.1) is 12.0 Å². The third-order valence-corrected chi connectivity index (χ3v) is 6.18. The van der Waals surface area contributed by atoms with Gasteiger partial charge in [-0.05, 0) is 36.6 Å². The van der Waals surface area contributed by atoms with E-state index in [0.717, 1.165) is 18.8 Å². The number of nitrogens with zero attached hydrogens (tertiary/aromatic N) is 2. The van der Waals surface area contributed by atoms with Crippen LogP contribution in [0, 0.1) is 11.3 Å². The van der Waals surface area contributed by atoms with E-state index in [0.29, 0.717) is 30.9 Å². The van der Waals surface area contributed by atoms with E-state index in [1.807, 2.05) is 6.07 Å². The summed E-state index contributed by atoms with van der Waals surface area (Å²) < 4.78 is 5.43. The predicted molar refractivity (Wildman–Crippen MR) is 86.4 cm³/mol. The van der Waals surface area contributed by atoms with Gasteiger partial charge in [0.2, 0.25) is 0 Å². The lowest BCUT2D eigenvalue weighted by atomic mass is 9.81. The number of carboxylic acid groups (broad SMARTS) is 1. The third-order valence-electron chi connectivity index (χ3n) is 5.98. The number of hydrogen-bond acceptors (Lipinski definition) is 4. The second-order valence-electron chi connectivity index (χ2n) is 7.40. The number of carbonyl (C=O) groups is 1. The van der Waals surface area contributed by atoms with Crippen LogP contribution in [-0.2, 0) is 11.3 Å². The van der Waals surface area contributed by atoms with Crippen molar-refractivity contribution in [2.24, 2.45) is 11.3 Å². The number of rotatable bonds is 4. The van der Waals surface area contributed by atoms with Crippen LogP contribution in [0.4, 0.5) is 0 Å². The Kier molecular flexibility index (Phi) is 3.90. The van der Waals surface area contributed by atoms with Gasteiger partial charge in [-0.3, -0.25) is 14.6 Å². The Morgan fingerprint density at radius 2 is 2.09 bits per heavy atom. The van der Waals surface area contributed by atoms with E-state index in [1.54, 1.807) is 6.07 Å². The summed E-state index contributed by atoms with van der Waals surface area (Å²) in [5.41, 5.74) is -0.612. The number of halogens is 1. The summed E-state index contributed by atoms with van der Waals surface area (Å²) in [5, 5.41) is 10.3. The fraction of sp³-hybridized carbons (Fsp3) is 0.706. The smallest absolute Gasteiger partial charge is 0.312 e. The average molecular weight is 339 g/mol. The van der Waals surface area contributed by atoms with Crippen LogP contribution in [0.3, 0.4) is 0 Å². The van der Waals surface area contributed by atoms with Crippen LogP contribution in [0.2, 0.25) is 5.22 Å². The highest BCUT2D eigenvalue weighted by atomic mass is 35.5. The Hall–Kier alpha value is -1.04. The zero-order valence-corrected chi connectivity index (χ0v) is 14.0. The maximum atomic E-state index is 12.1. The van der Waals surface area contributed by atoms with E-state index in [-0.39, 0.29) is 5.92 Å². The van der Waals surface area contributed by atoms with Gasteiger partial charge >= 0.3 is 5.97 Å². The molecule has 1 aromatic rings. The molecule has 2 aliphatic heterocycles. The lowest BCUT2D eigenvalue weighted by molar-refractivity contribution is -0.149. The van der Waals surface area contributed by atoms with Gasteiger partial charge in [-0.1, -0.05) is 12.8 Å². The molecule has 0 aromatic carbocycles. The molecule has 1 N–H and O–H groups in total. The van der Waals surface area contributed by atoms with Gasteiger partial charge in [-0.2, -0.15) is 0 Å². The summed E-state index contributed by atoms with van der Waals surface area (Å²) >= 11 is 5.83. The molecular formula is C17H23ClN2O3. The van der Waals surface area contributed by atoms with Crippen LogP contribution >= 0.6 is 11.6 Å². The Bertz CT molecular complexity index is 598. The van der Waals surface area contributed by atoms with Gasteiger partial charge in [0, 0.05) is 38.1 Å². The van der Waals surface area contributed by atoms with E-state index >= 15 is 0 Å². The molecule has 3 aliphatic rings. The number of hydrogen-bond donors (Lipinski definition) is 1. The fourth-order valence-corrected chi connectivity index (χ4v) is 5.00. The van der Waals surface area contributed by atoms with E-state index in [4.69, 9.17) is 16.0 Å². The molecule has 0 unspecified atom stereocenters. The minimum Gasteiger partial charge on any atom is -0.481 e. The highest BCUT2D eigenvalue weighted by molar-refractivity contribution is 6.28. The molecule has 2 saturated heterocycles. The number of fused-ring (bicyclic) bond motifs is 1. The van der Waals surface area contributed by atoms with Crippen LogP contribution in [0.5, 0.6) is 0 Å². The minimum atomic E-state index is -0.636. The first-order chi connectivity index (χ1) is 11.1. The summed E-state index contributed by atoms with van der Waals surface area (Å²) in [5.74, 6) is 0.386. The summed E-state index contributed by atoms with van der Waals surface area (Å²) in [7, 11) is 0. The maximum Gasteiger partial charge on any atom is 0.312 e. The van der Waals surface area contributed by atoms with E-state index in [9.17, 15) is 9.90 Å². The quantitative estimate of drug-likeness (QED) is 0.914. The molecule has 6 heteroatoms. The normalized spacial score (nSPS) is 32.7. The highest BCUT2D eigenvalue weighted by Crippen LogP contribution is 2.45. The standard InChI is InChI=1S/C17H23ClN2O3/c18-15-6-5-14(23-15)9-19-7-12-8-20(13-3-1-2-4-13)11-17(12,10-19)16(21)22/h5-6,12-13H,1-4,7-11H2,(H,21,22)/t12-,17-/m0/s1. The van der Waals surface area contributed by atoms with Crippen molar-refractivity contribution in [1.82, 2.24) is 9.80 Å². The molecule has 23 heavy (non-hydrogen) atoms. The van der Waals surface area contributed by atoms with Crippen LogP contribution in [-0.4, -0.2) is 53.1 Å². The molecule has 0 bridgehead atoms. The van der Waals surface area contributed by atoms with Crippen molar-refractivity contribution >= 4 is 17.6 Å². The first-order valence-corrected chi connectivity index (χ1v) is 8.89. The Morgan fingerprint density at radius 1 is 1.30 bits per heavy atom. The first kappa shape index (κ1) is 15.5. The number of likely N-dealkylation sites (tertiary alicyclic amines) is 2. The Morgan fingerprint density at radius 3 is 2.70 bits per heavy atom. The highest BCUT2D eigenvalue weighted by Gasteiger charge is 2.58. The molecule has 0 amide bonds. The van der Waals surface area contributed by atoms with Crippen LogP contribution < -0.4 is 0 Å². The average Bonchev–Trinajstić information content (AvgIpc) is 3.21. The topological polar surface area (TPSA) is 56.9 Å². The SMILES string of the molecule is O=C(O)[C@]12CN(Cc3ccc(Cl)o3)C[C@H]1CN(C1CCCC1)C2. The van der Waals surface area contributed by atoms with Crippen LogP contribution in [0.15, 0.2) is 16.5 Å². The van der Waals surface area contributed by atoms with E-state index in [2.05, 4.69) is 9.80 Å². The van der Waals surface area contributed by atoms with Crippen molar-refractivity contribution in [3.63, 3.8) is 0 Å². The monoisotopic (exact) mass is 338 g/mol. The second kappa shape index (κ2) is 5.80. The molecule has 2 atom stereocenters. The summed E-state index contributed by atoms with van der Waals surface area (Å²) in [6.07, 6.45) is 5.04. The van der Waals surface area contributed by atoms with Crippen LogP contribution in [0.25, 0.3) is 0 Å². The van der Waals surface area contributed by atoms with Gasteiger partial charge in [-0.15, -0.1) is 0 Å². The Labute approximate surface area is 141 Å². The van der Waals surface area contributed by atoms with Gasteiger partial charge in [0.15, 0.2) is 5.22 Å². The van der Waals surface area contributed by atoms with Gasteiger partial charge in [0.1, 0.15) is 5.76 Å². The summed E-state index contributed by atoms with van der Waals surface area (Å²) in [6.45, 7) is 3.70. The van der Waals surface area contributed by atoms with E-state index in [1.165, 1.54) is 25.7 Å². The number of furan rings is 1. The molecule has 1 aromatic heterocycles. The predicted octanol–water partition coefficient (Wildman–Crippen LogP) is 2.69. The van der Waals surface area contributed by atoms with Crippen molar-refractivity contribution in [2.45, 2.75) is 38.3 Å². The summed E-state index contributed by atoms with van der Waals surface area (Å²) in [6, 6.07) is 4.21. The molecule has 0 radical (unpaired) electrons. The number of carboxylic acids is 1. The van der Waals surface area contributed by atoms with Gasteiger partial charge in [-0.25, -0.2) is 0 Å². The van der Waals surface area contributed by atoms with Crippen molar-refractivity contribution in [3.8, 4) is 0 Å². The molecule has 0 spiro atoms. The van der Waals surface area contributed by atoms with Crippen molar-refractivity contribution in [3.05, 3.63) is 23.1 Å². The molecule has 3 heterocycles. The molecular weight excluding hydrogens is 316 g/mol. The fourth-order valence-electron chi connectivity index (χ4n) is 4.84. The molecule has 126 valence electrons. The molecule has 1 aliphatic carbocycles. The minimum absolute atomic E-state index is 0.214. The zero-order valence-electron chi connectivity index (χ0n) is 13.2. The van der Waals surface area contributed by atoms with Gasteiger partial charge < -0.3 is 9.52 Å². The van der Waals surface area contributed by atoms with E-state index < -0.39 is 11.4 Å². The van der Waals surface area contributed by atoms with Gasteiger partial charge in [0.25, 0.3) is 0 Å². The lowest BCUT2D eigenvalue weighted by Gasteiger charge is -2.28. The zero-order chi connectivity index (χ0) is 16.0. The van der Waals surface area contributed by atoms with Crippen molar-refractivity contribution < 1.29 is 14.3 Å². The van der Waals surface area contributed by atoms with Crippen LogP contribution in [0.1, 0.15) is 31.4 Å². The molecule has 1 saturated carbocycles. The van der Waals surface area contributed by atoms with Crippen molar-refractivity contribution in [2.75, 3.05) is 26.2 Å². The third kappa shape index (κ3) is 2.69. The molecule has 3 fully saturated rings. The first-order valence-electron chi connectivity index (χ1n) is 8.51. The second-order valence-corrected chi connectivity index (χ2v) is 7.77. The molecule has 4 rings (SSSR count). The Balaban J connectivity index is 1.47. The molecule has 5 nitrogen and oxygen atoms in total. The maximum absolute atomic E-state index is 12.1. The lowest BCUT2D eigenvalue weighted by Crippen LogP contribution is -2.42. The summed E-state index contributed by atoms with van der Waals surface area (Å²) in [4.78, 5) is 16.7. The number of aliphatic carboxylic acids is 1. The van der Waals surface area contributed by atoms with Crippen molar-refractivity contribution in [1.29, 1.82) is 0 Å². The largest absolute Gasteiger partial charge is 0.481 e.